The van der Waals surface area contributed by atoms with E-state index >= 15 is 0 Å². The summed E-state index contributed by atoms with van der Waals surface area (Å²) in [7, 11) is 0. The number of allylic oxidation sites excluding steroid dienone is 1. The third-order valence-electron chi connectivity index (χ3n) is 12.8. The van der Waals surface area contributed by atoms with Gasteiger partial charge in [0.15, 0.2) is 0 Å². The van der Waals surface area contributed by atoms with E-state index < -0.39 is 28.6 Å². The summed E-state index contributed by atoms with van der Waals surface area (Å²) < 4.78 is 12.3. The molecule has 202 valence electrons. The van der Waals surface area contributed by atoms with Crippen LogP contribution in [0, 0.1) is 64.6 Å². The normalized spacial score (nSPS) is 59.7. The molecule has 0 aromatic carbocycles. The van der Waals surface area contributed by atoms with E-state index in [1.165, 1.54) is 0 Å². The quantitative estimate of drug-likeness (QED) is 0.379. The SMILES string of the molecule is CC1=C2[C@H]3OC(=O)[C@@H](C)[C@@H]3CC[C@](C)(O)[C@@H]2C2C1[C@@]13C([C@@H]2C(=O)[C@@H]1C)[C@@](C)(O)CC[C@H]1[C@H](C)C(=O)O[C@@H]13. The lowest BCUT2D eigenvalue weighted by Crippen LogP contribution is -2.54. The van der Waals surface area contributed by atoms with Crippen LogP contribution in [-0.4, -0.2) is 51.3 Å². The van der Waals surface area contributed by atoms with Crippen molar-refractivity contribution in [3.8, 4) is 0 Å². The smallest absolute Gasteiger partial charge is 0.309 e. The first kappa shape index (κ1) is 24.3. The maximum Gasteiger partial charge on any atom is 0.309 e. The molecular formula is C30H40O7. The van der Waals surface area contributed by atoms with Gasteiger partial charge in [-0.1, -0.05) is 26.3 Å². The Balaban J connectivity index is 1.49. The number of Topliss-reactive ketones (excluding diaryl/α,β-unsaturated/α-hetero) is 1. The monoisotopic (exact) mass is 512 g/mol. The van der Waals surface area contributed by atoms with Crippen molar-refractivity contribution >= 4 is 17.7 Å². The molecule has 0 aromatic rings. The number of fused-ring (bicyclic) bond motifs is 7. The molecular weight excluding hydrogens is 472 g/mol. The van der Waals surface area contributed by atoms with Crippen LogP contribution in [0.5, 0.6) is 0 Å². The molecule has 7 aliphatic rings. The minimum atomic E-state index is -1.08. The topological polar surface area (TPSA) is 110 Å². The highest BCUT2D eigenvalue weighted by Crippen LogP contribution is 2.79. The summed E-state index contributed by atoms with van der Waals surface area (Å²) in [5, 5.41) is 24.1. The van der Waals surface area contributed by atoms with E-state index in [4.69, 9.17) is 9.47 Å². The molecule has 2 bridgehead atoms. The molecule has 0 radical (unpaired) electrons. The van der Waals surface area contributed by atoms with Gasteiger partial charge in [0.25, 0.3) is 0 Å². The summed E-state index contributed by atoms with van der Waals surface area (Å²) in [4.78, 5) is 39.9. The number of esters is 2. The van der Waals surface area contributed by atoms with E-state index in [9.17, 15) is 24.6 Å². The molecule has 2 heterocycles. The van der Waals surface area contributed by atoms with Crippen LogP contribution in [-0.2, 0) is 23.9 Å². The van der Waals surface area contributed by atoms with Gasteiger partial charge >= 0.3 is 11.9 Å². The number of aliphatic hydroxyl groups is 2. The Hall–Kier alpha value is -1.73. The van der Waals surface area contributed by atoms with E-state index in [-0.39, 0.29) is 77.1 Å². The second-order valence-electron chi connectivity index (χ2n) is 14.2. The van der Waals surface area contributed by atoms with Gasteiger partial charge in [0.2, 0.25) is 0 Å². The molecule has 2 aliphatic heterocycles. The fourth-order valence-electron chi connectivity index (χ4n) is 11.4. The largest absolute Gasteiger partial charge is 0.461 e. The first-order valence-corrected chi connectivity index (χ1v) is 14.4. The van der Waals surface area contributed by atoms with Crippen LogP contribution in [0.15, 0.2) is 11.1 Å². The molecule has 3 unspecified atom stereocenters. The van der Waals surface area contributed by atoms with Crippen LogP contribution < -0.4 is 0 Å². The summed E-state index contributed by atoms with van der Waals surface area (Å²) in [6.45, 7) is 11.7. The minimum Gasteiger partial charge on any atom is -0.461 e. The third-order valence-corrected chi connectivity index (χ3v) is 12.8. The predicted octanol–water partition coefficient (Wildman–Crippen LogP) is 3.06. The van der Waals surface area contributed by atoms with Crippen LogP contribution in [0.25, 0.3) is 0 Å². The molecule has 0 amide bonds. The molecule has 15 atom stereocenters. The van der Waals surface area contributed by atoms with Gasteiger partial charge in [0, 0.05) is 40.9 Å². The van der Waals surface area contributed by atoms with Gasteiger partial charge in [0.1, 0.15) is 18.0 Å². The molecule has 7 heteroatoms. The fraction of sp³-hybridized carbons (Fsp3) is 0.833. The lowest BCUT2D eigenvalue weighted by atomic mass is 9.56. The molecule has 2 N–H and O–H groups in total. The summed E-state index contributed by atoms with van der Waals surface area (Å²) >= 11 is 0. The van der Waals surface area contributed by atoms with Crippen molar-refractivity contribution < 1.29 is 34.1 Å². The van der Waals surface area contributed by atoms with Gasteiger partial charge in [-0.25, -0.2) is 0 Å². The Morgan fingerprint density at radius 2 is 1.43 bits per heavy atom. The highest BCUT2D eigenvalue weighted by Gasteiger charge is 2.83. The molecule has 7 nitrogen and oxygen atoms in total. The maximum atomic E-state index is 14.2. The van der Waals surface area contributed by atoms with Gasteiger partial charge in [-0.05, 0) is 63.9 Å². The number of carbonyl (C=O) groups is 3. The van der Waals surface area contributed by atoms with E-state index in [2.05, 4.69) is 6.92 Å². The van der Waals surface area contributed by atoms with Crippen molar-refractivity contribution in [2.24, 2.45) is 64.6 Å². The van der Waals surface area contributed by atoms with Gasteiger partial charge in [-0.3, -0.25) is 14.4 Å². The predicted molar refractivity (Wildman–Crippen MR) is 132 cm³/mol. The van der Waals surface area contributed by atoms with Crippen LogP contribution in [0.3, 0.4) is 0 Å². The van der Waals surface area contributed by atoms with Gasteiger partial charge in [0.05, 0.1) is 23.0 Å². The van der Waals surface area contributed by atoms with Crippen molar-refractivity contribution in [2.45, 2.75) is 90.6 Å². The zero-order valence-electron chi connectivity index (χ0n) is 22.7. The van der Waals surface area contributed by atoms with Crippen molar-refractivity contribution in [1.82, 2.24) is 0 Å². The lowest BCUT2D eigenvalue weighted by Gasteiger charge is -2.49. The number of ether oxygens (including phenoxy) is 2. The molecule has 5 aliphatic carbocycles. The zero-order chi connectivity index (χ0) is 26.6. The van der Waals surface area contributed by atoms with E-state index in [1.54, 1.807) is 0 Å². The molecule has 4 saturated carbocycles. The summed E-state index contributed by atoms with van der Waals surface area (Å²) in [6, 6.07) is 0. The number of ketones is 1. The average molecular weight is 513 g/mol. The van der Waals surface area contributed by atoms with E-state index in [0.29, 0.717) is 25.7 Å². The zero-order valence-corrected chi connectivity index (χ0v) is 22.7. The Labute approximate surface area is 218 Å². The Morgan fingerprint density at radius 1 is 0.838 bits per heavy atom. The highest BCUT2D eigenvalue weighted by atomic mass is 16.6. The minimum absolute atomic E-state index is 0.00106. The number of carbonyl (C=O) groups excluding carboxylic acids is 3. The summed E-state index contributed by atoms with van der Waals surface area (Å²) in [6.07, 6.45) is 1.59. The third kappa shape index (κ3) is 2.55. The molecule has 0 aromatic heterocycles. The van der Waals surface area contributed by atoms with E-state index in [1.807, 2.05) is 34.6 Å². The maximum absolute atomic E-state index is 14.2. The van der Waals surface area contributed by atoms with Crippen LogP contribution in [0.4, 0.5) is 0 Å². The van der Waals surface area contributed by atoms with Crippen LogP contribution in [0.2, 0.25) is 0 Å². The number of rotatable bonds is 0. The molecule has 6 fully saturated rings. The van der Waals surface area contributed by atoms with Crippen molar-refractivity contribution in [1.29, 1.82) is 0 Å². The van der Waals surface area contributed by atoms with Crippen LogP contribution >= 0.6 is 0 Å². The van der Waals surface area contributed by atoms with Crippen LogP contribution in [0.1, 0.15) is 67.2 Å². The summed E-state index contributed by atoms with van der Waals surface area (Å²) in [5.41, 5.74) is -0.794. The Morgan fingerprint density at radius 3 is 2.14 bits per heavy atom. The van der Waals surface area contributed by atoms with Gasteiger partial charge < -0.3 is 19.7 Å². The van der Waals surface area contributed by atoms with Crippen molar-refractivity contribution in [3.05, 3.63) is 11.1 Å². The number of hydrogen-bond donors (Lipinski definition) is 2. The van der Waals surface area contributed by atoms with Gasteiger partial charge in [-0.15, -0.1) is 0 Å². The first-order chi connectivity index (χ1) is 17.3. The number of hydrogen-bond acceptors (Lipinski definition) is 7. The second kappa shape index (κ2) is 7.07. The van der Waals surface area contributed by atoms with E-state index in [0.717, 1.165) is 11.1 Å². The lowest BCUT2D eigenvalue weighted by molar-refractivity contribution is -0.162. The molecule has 37 heavy (non-hydrogen) atoms. The standard InChI is InChI=1S/C30H40O7/c1-11-15-7-9-28(5,34)21-17(23(15)36-26(11)32)13(3)20-18(21)19-22(31)14(4)30(20)24(19)29(6,35)10-8-16-12(2)27(33)37-25(16)30/h11-12,14-16,18-21,23-25,34-35H,7-10H2,1-6H3/t11-,12-,14-,15-,16-,18?,19-,20?,21-,23-,24?,25-,28-,29-,30+/m0/s1. The molecule has 0 spiro atoms. The second-order valence-corrected chi connectivity index (χ2v) is 14.2. The molecule has 2 saturated heterocycles. The average Bonchev–Trinajstić information content (AvgIpc) is 3.50. The Kier molecular flexibility index (Phi) is 4.64. The van der Waals surface area contributed by atoms with Crippen molar-refractivity contribution in [3.63, 3.8) is 0 Å². The highest BCUT2D eigenvalue weighted by molar-refractivity contribution is 5.91. The Bertz CT molecular complexity index is 1150. The van der Waals surface area contributed by atoms with Gasteiger partial charge in [-0.2, -0.15) is 0 Å². The summed E-state index contributed by atoms with van der Waals surface area (Å²) in [5.74, 6) is -2.64. The van der Waals surface area contributed by atoms with Crippen molar-refractivity contribution in [2.75, 3.05) is 0 Å². The fourth-order valence-corrected chi connectivity index (χ4v) is 11.4. The molecule has 7 rings (SSSR count). The first-order valence-electron chi connectivity index (χ1n) is 14.4.